The predicted octanol–water partition coefficient (Wildman–Crippen LogP) is -0.456. The highest BCUT2D eigenvalue weighted by Crippen LogP contribution is 2.12. The summed E-state index contributed by atoms with van der Waals surface area (Å²) in [6, 6.07) is 6.56. The van der Waals surface area contributed by atoms with E-state index in [1.54, 1.807) is 24.3 Å². The summed E-state index contributed by atoms with van der Waals surface area (Å²) in [6.07, 6.45) is -1.06. The molecule has 0 aliphatic carbocycles. The van der Waals surface area contributed by atoms with Crippen molar-refractivity contribution in [3.8, 4) is 5.75 Å². The van der Waals surface area contributed by atoms with Gasteiger partial charge < -0.3 is 25.4 Å². The normalized spacial score (nSPS) is 11.9. The zero-order chi connectivity index (χ0) is 12.7. The number of aliphatic hydroxyl groups is 2. The maximum Gasteiger partial charge on any atom is 0.344 e. The minimum Gasteiger partial charge on any atom is -0.482 e. The SMILES string of the molecule is Nc1ccc(OCC(=O)OCC(O)CO)cc1. The second kappa shape index (κ2) is 6.72. The largest absolute Gasteiger partial charge is 0.482 e. The highest BCUT2D eigenvalue weighted by Gasteiger charge is 2.08. The Morgan fingerprint density at radius 1 is 1.35 bits per heavy atom. The molecule has 1 rings (SSSR count). The molecule has 0 amide bonds. The highest BCUT2D eigenvalue weighted by atomic mass is 16.6. The van der Waals surface area contributed by atoms with Crippen LogP contribution in [0.1, 0.15) is 0 Å². The van der Waals surface area contributed by atoms with Crippen molar-refractivity contribution < 1.29 is 24.5 Å². The minimum absolute atomic E-state index is 0.250. The second-order valence-electron chi connectivity index (χ2n) is 3.38. The van der Waals surface area contributed by atoms with Gasteiger partial charge in [-0.25, -0.2) is 4.79 Å². The molecule has 0 bridgehead atoms. The Hall–Kier alpha value is -1.79. The van der Waals surface area contributed by atoms with Crippen molar-refractivity contribution >= 4 is 11.7 Å². The van der Waals surface area contributed by atoms with Crippen molar-refractivity contribution in [1.82, 2.24) is 0 Å². The van der Waals surface area contributed by atoms with Gasteiger partial charge in [0.15, 0.2) is 6.61 Å². The van der Waals surface area contributed by atoms with Crippen LogP contribution >= 0.6 is 0 Å². The van der Waals surface area contributed by atoms with Gasteiger partial charge in [-0.15, -0.1) is 0 Å². The van der Waals surface area contributed by atoms with E-state index in [0.717, 1.165) is 0 Å². The molecule has 0 aliphatic heterocycles. The topological polar surface area (TPSA) is 102 Å². The van der Waals surface area contributed by atoms with E-state index in [9.17, 15) is 4.79 Å². The number of aliphatic hydroxyl groups excluding tert-OH is 2. The fourth-order valence-corrected chi connectivity index (χ4v) is 0.990. The molecule has 0 radical (unpaired) electrons. The first-order chi connectivity index (χ1) is 8.11. The van der Waals surface area contributed by atoms with Crippen LogP contribution in [0.4, 0.5) is 5.69 Å². The van der Waals surface area contributed by atoms with Gasteiger partial charge in [0.05, 0.1) is 6.61 Å². The third kappa shape index (κ3) is 5.19. The molecule has 0 saturated heterocycles. The molecule has 0 aliphatic rings. The minimum atomic E-state index is -1.06. The van der Waals surface area contributed by atoms with Gasteiger partial charge >= 0.3 is 5.97 Å². The number of ether oxygens (including phenoxy) is 2. The van der Waals surface area contributed by atoms with Gasteiger partial charge in [0.1, 0.15) is 18.5 Å². The lowest BCUT2D eigenvalue weighted by molar-refractivity contribution is -0.149. The van der Waals surface area contributed by atoms with Crippen molar-refractivity contribution in [2.75, 3.05) is 25.6 Å². The van der Waals surface area contributed by atoms with Gasteiger partial charge in [0, 0.05) is 5.69 Å². The summed E-state index contributed by atoms with van der Waals surface area (Å²) >= 11 is 0. The van der Waals surface area contributed by atoms with E-state index in [0.29, 0.717) is 11.4 Å². The molecule has 17 heavy (non-hydrogen) atoms. The maximum atomic E-state index is 11.1. The number of benzene rings is 1. The number of anilines is 1. The Morgan fingerprint density at radius 2 is 2.00 bits per heavy atom. The number of rotatable bonds is 6. The first-order valence-corrected chi connectivity index (χ1v) is 5.04. The molecule has 1 atom stereocenters. The first kappa shape index (κ1) is 13.3. The van der Waals surface area contributed by atoms with Crippen molar-refractivity contribution in [2.24, 2.45) is 0 Å². The fourth-order valence-electron chi connectivity index (χ4n) is 0.990. The second-order valence-corrected chi connectivity index (χ2v) is 3.38. The van der Waals surface area contributed by atoms with Crippen LogP contribution in [-0.2, 0) is 9.53 Å². The van der Waals surface area contributed by atoms with Crippen molar-refractivity contribution in [2.45, 2.75) is 6.10 Å². The molecular formula is C11H15NO5. The van der Waals surface area contributed by atoms with Gasteiger partial charge in [-0.1, -0.05) is 0 Å². The molecule has 6 heteroatoms. The Balaban J connectivity index is 2.26. The van der Waals surface area contributed by atoms with E-state index in [1.165, 1.54) is 0 Å². The molecule has 0 saturated carbocycles. The molecule has 0 aromatic heterocycles. The molecule has 0 heterocycles. The number of esters is 1. The summed E-state index contributed by atoms with van der Waals surface area (Å²) in [5.41, 5.74) is 6.08. The number of hydrogen-bond acceptors (Lipinski definition) is 6. The Kier molecular flexibility index (Phi) is 5.25. The van der Waals surface area contributed by atoms with E-state index >= 15 is 0 Å². The van der Waals surface area contributed by atoms with E-state index in [-0.39, 0.29) is 13.2 Å². The molecule has 1 aromatic carbocycles. The van der Waals surface area contributed by atoms with Gasteiger partial charge in [0.25, 0.3) is 0 Å². The lowest BCUT2D eigenvalue weighted by Gasteiger charge is -2.09. The summed E-state index contributed by atoms with van der Waals surface area (Å²) in [5, 5.41) is 17.4. The molecule has 1 unspecified atom stereocenters. The maximum absolute atomic E-state index is 11.1. The highest BCUT2D eigenvalue weighted by molar-refractivity contribution is 5.71. The van der Waals surface area contributed by atoms with Crippen LogP contribution in [-0.4, -0.2) is 42.1 Å². The number of carbonyl (C=O) groups is 1. The van der Waals surface area contributed by atoms with Crippen LogP contribution in [0, 0.1) is 0 Å². The van der Waals surface area contributed by atoms with E-state index in [4.69, 9.17) is 20.7 Å². The zero-order valence-corrected chi connectivity index (χ0v) is 9.20. The van der Waals surface area contributed by atoms with Crippen LogP contribution < -0.4 is 10.5 Å². The van der Waals surface area contributed by atoms with Crippen LogP contribution in [0.25, 0.3) is 0 Å². The van der Waals surface area contributed by atoms with Crippen LogP contribution in [0.15, 0.2) is 24.3 Å². The molecule has 6 nitrogen and oxygen atoms in total. The van der Waals surface area contributed by atoms with Crippen molar-refractivity contribution in [1.29, 1.82) is 0 Å². The van der Waals surface area contributed by atoms with Crippen LogP contribution in [0.5, 0.6) is 5.75 Å². The number of carbonyl (C=O) groups excluding carboxylic acids is 1. The van der Waals surface area contributed by atoms with Crippen molar-refractivity contribution in [3.63, 3.8) is 0 Å². The summed E-state index contributed by atoms with van der Waals surface area (Å²) in [4.78, 5) is 11.1. The number of nitrogens with two attached hydrogens (primary N) is 1. The summed E-state index contributed by atoms with van der Waals surface area (Å²) in [5.74, 6) is -0.117. The monoisotopic (exact) mass is 241 g/mol. The summed E-state index contributed by atoms with van der Waals surface area (Å²) in [7, 11) is 0. The van der Waals surface area contributed by atoms with Crippen LogP contribution in [0.3, 0.4) is 0 Å². The standard InChI is InChI=1S/C11H15NO5/c12-8-1-3-10(4-2-8)16-7-11(15)17-6-9(14)5-13/h1-4,9,13-14H,5-7,12H2. The quantitative estimate of drug-likeness (QED) is 0.460. The van der Waals surface area contributed by atoms with Gasteiger partial charge in [-0.2, -0.15) is 0 Å². The third-order valence-electron chi connectivity index (χ3n) is 1.88. The van der Waals surface area contributed by atoms with Gasteiger partial charge in [0.2, 0.25) is 0 Å². The van der Waals surface area contributed by atoms with Gasteiger partial charge in [-0.3, -0.25) is 0 Å². The summed E-state index contributed by atoms with van der Waals surface area (Å²) < 4.78 is 9.76. The smallest absolute Gasteiger partial charge is 0.344 e. The predicted molar refractivity (Wildman–Crippen MR) is 60.4 cm³/mol. The van der Waals surface area contributed by atoms with E-state index < -0.39 is 18.7 Å². The summed E-state index contributed by atoms with van der Waals surface area (Å²) in [6.45, 7) is -0.964. The average molecular weight is 241 g/mol. The van der Waals surface area contributed by atoms with Crippen LogP contribution in [0.2, 0.25) is 0 Å². The third-order valence-corrected chi connectivity index (χ3v) is 1.88. The Morgan fingerprint density at radius 3 is 2.59 bits per heavy atom. The number of nitrogen functional groups attached to an aromatic ring is 1. The molecule has 4 N–H and O–H groups in total. The fraction of sp³-hybridized carbons (Fsp3) is 0.364. The lowest BCUT2D eigenvalue weighted by atomic mass is 10.3. The molecule has 0 fully saturated rings. The Labute approximate surface area is 98.6 Å². The molecule has 94 valence electrons. The van der Waals surface area contributed by atoms with Crippen molar-refractivity contribution in [3.05, 3.63) is 24.3 Å². The average Bonchev–Trinajstić information content (AvgIpc) is 2.35. The first-order valence-electron chi connectivity index (χ1n) is 5.04. The number of hydrogen-bond donors (Lipinski definition) is 3. The molecule has 0 spiro atoms. The molecular weight excluding hydrogens is 226 g/mol. The Bertz CT molecular complexity index is 351. The lowest BCUT2D eigenvalue weighted by Crippen LogP contribution is -2.24. The van der Waals surface area contributed by atoms with Gasteiger partial charge in [-0.05, 0) is 24.3 Å². The molecule has 1 aromatic rings. The van der Waals surface area contributed by atoms with E-state index in [2.05, 4.69) is 4.74 Å². The zero-order valence-electron chi connectivity index (χ0n) is 9.20. The van der Waals surface area contributed by atoms with E-state index in [1.807, 2.05) is 0 Å².